The number of rotatable bonds is 21. The molecule has 170 valence electrons. The normalized spacial score (nSPS) is 16.5. The number of carbonyl (C=O) groups is 1. The van der Waals surface area contributed by atoms with Gasteiger partial charge in [0.2, 0.25) is 0 Å². The van der Waals surface area contributed by atoms with Crippen LogP contribution in [-0.4, -0.2) is 11.0 Å². The molecule has 1 atom stereocenters. The molecule has 0 aromatic rings. The first-order valence-corrected chi connectivity index (χ1v) is 13.4. The molecule has 1 unspecified atom stereocenters. The molecule has 1 fully saturated rings. The Hall–Kier alpha value is -0.440. The van der Waals surface area contributed by atoms with Gasteiger partial charge < -0.3 is 4.74 Å². The van der Waals surface area contributed by atoms with Crippen molar-refractivity contribution in [3.8, 4) is 0 Å². The summed E-state index contributed by atoms with van der Waals surface area (Å²) in [5.41, 5.74) is 0. The van der Waals surface area contributed by atoms with E-state index in [1.165, 1.54) is 128 Å². The SMILES string of the molecule is CCCCCCCCCCCCCCCCCCCCCCC1CC(=O)OC1=S. The van der Waals surface area contributed by atoms with Crippen molar-refractivity contribution in [1.82, 2.24) is 0 Å². The smallest absolute Gasteiger partial charge is 0.312 e. The summed E-state index contributed by atoms with van der Waals surface area (Å²) in [7, 11) is 0. The van der Waals surface area contributed by atoms with Crippen LogP contribution in [0.2, 0.25) is 0 Å². The highest BCUT2D eigenvalue weighted by molar-refractivity contribution is 7.80. The molecule has 0 N–H and O–H groups in total. The first kappa shape index (κ1) is 26.6. The fourth-order valence-electron chi connectivity index (χ4n) is 4.39. The molecule has 2 nitrogen and oxygen atoms in total. The van der Waals surface area contributed by atoms with Gasteiger partial charge in [-0.15, -0.1) is 0 Å². The topological polar surface area (TPSA) is 26.3 Å². The summed E-state index contributed by atoms with van der Waals surface area (Å²) in [6.07, 6.45) is 29.7. The van der Waals surface area contributed by atoms with Crippen LogP contribution in [0, 0.1) is 5.92 Å². The predicted molar refractivity (Wildman–Crippen MR) is 129 cm³/mol. The van der Waals surface area contributed by atoms with Crippen LogP contribution in [0.3, 0.4) is 0 Å². The van der Waals surface area contributed by atoms with E-state index in [2.05, 4.69) is 6.92 Å². The van der Waals surface area contributed by atoms with Crippen molar-refractivity contribution in [3.63, 3.8) is 0 Å². The second kappa shape index (κ2) is 19.5. The van der Waals surface area contributed by atoms with E-state index < -0.39 is 0 Å². The first-order chi connectivity index (χ1) is 14.2. The Morgan fingerprint density at radius 2 is 1.00 bits per heavy atom. The Kier molecular flexibility index (Phi) is 17.9. The van der Waals surface area contributed by atoms with Gasteiger partial charge in [-0.05, 0) is 18.6 Å². The maximum atomic E-state index is 11.2. The fraction of sp³-hybridized carbons (Fsp3) is 0.923. The van der Waals surface area contributed by atoms with Crippen LogP contribution in [0.1, 0.15) is 148 Å². The Balaban J connectivity index is 1.68. The number of ether oxygens (including phenoxy) is 1. The van der Waals surface area contributed by atoms with Gasteiger partial charge in [0.15, 0.2) is 5.05 Å². The van der Waals surface area contributed by atoms with Crippen LogP contribution in [0.25, 0.3) is 0 Å². The van der Waals surface area contributed by atoms with Crippen LogP contribution in [-0.2, 0) is 9.53 Å². The third-order valence-electron chi connectivity index (χ3n) is 6.37. The molecule has 0 aromatic carbocycles. The van der Waals surface area contributed by atoms with E-state index in [0.29, 0.717) is 11.5 Å². The van der Waals surface area contributed by atoms with Crippen molar-refractivity contribution < 1.29 is 9.53 Å². The summed E-state index contributed by atoms with van der Waals surface area (Å²) in [4.78, 5) is 11.2. The average molecular weight is 425 g/mol. The highest BCUT2D eigenvalue weighted by Crippen LogP contribution is 2.24. The zero-order valence-electron chi connectivity index (χ0n) is 19.4. The molecular formula is C26H48O2S. The second-order valence-electron chi connectivity index (χ2n) is 9.20. The number of esters is 1. The van der Waals surface area contributed by atoms with E-state index >= 15 is 0 Å². The summed E-state index contributed by atoms with van der Waals surface area (Å²) in [6, 6.07) is 0. The maximum absolute atomic E-state index is 11.2. The number of carbonyl (C=O) groups excluding carboxylic acids is 1. The van der Waals surface area contributed by atoms with Gasteiger partial charge in [0.05, 0.1) is 6.42 Å². The van der Waals surface area contributed by atoms with Crippen LogP contribution >= 0.6 is 12.2 Å². The molecule has 1 saturated heterocycles. The lowest BCUT2D eigenvalue weighted by Crippen LogP contribution is -2.04. The molecule has 1 heterocycles. The molecule has 29 heavy (non-hydrogen) atoms. The molecule has 0 radical (unpaired) electrons. The van der Waals surface area contributed by atoms with Gasteiger partial charge in [0, 0.05) is 5.92 Å². The van der Waals surface area contributed by atoms with E-state index in [-0.39, 0.29) is 11.9 Å². The minimum atomic E-state index is -0.131. The lowest BCUT2D eigenvalue weighted by atomic mass is 9.99. The molecule has 0 aliphatic carbocycles. The molecule has 0 spiro atoms. The van der Waals surface area contributed by atoms with E-state index in [1.807, 2.05) is 0 Å². The predicted octanol–water partition coefficient (Wildman–Crippen LogP) is 9.09. The number of hydrogen-bond donors (Lipinski definition) is 0. The largest absolute Gasteiger partial charge is 0.419 e. The molecule has 0 amide bonds. The van der Waals surface area contributed by atoms with Gasteiger partial charge in [0.1, 0.15) is 0 Å². The summed E-state index contributed by atoms with van der Waals surface area (Å²) in [6.45, 7) is 2.29. The summed E-state index contributed by atoms with van der Waals surface area (Å²) >= 11 is 5.10. The van der Waals surface area contributed by atoms with Gasteiger partial charge in [-0.2, -0.15) is 0 Å². The number of cyclic esters (lactones) is 1. The summed E-state index contributed by atoms with van der Waals surface area (Å²) in [5.74, 6) is 0.0845. The van der Waals surface area contributed by atoms with Gasteiger partial charge in [-0.25, -0.2) is 0 Å². The van der Waals surface area contributed by atoms with Crippen molar-refractivity contribution in [2.45, 2.75) is 148 Å². The van der Waals surface area contributed by atoms with Gasteiger partial charge in [-0.1, -0.05) is 135 Å². The first-order valence-electron chi connectivity index (χ1n) is 13.0. The Labute approximate surface area is 186 Å². The van der Waals surface area contributed by atoms with Crippen molar-refractivity contribution in [1.29, 1.82) is 0 Å². The molecule has 0 aromatic heterocycles. The highest BCUT2D eigenvalue weighted by atomic mass is 32.1. The maximum Gasteiger partial charge on any atom is 0.312 e. The standard InChI is InChI=1S/C26H48O2S/c1-2-3-4-5-6-7-8-9-10-11-12-13-14-15-16-17-18-19-20-21-22-24-23-25(27)28-26(24)29/h24H,2-23H2,1H3. The molecule has 3 heteroatoms. The van der Waals surface area contributed by atoms with Crippen LogP contribution < -0.4 is 0 Å². The van der Waals surface area contributed by atoms with Crippen LogP contribution in [0.15, 0.2) is 0 Å². The number of unbranched alkanes of at least 4 members (excludes halogenated alkanes) is 19. The second-order valence-corrected chi connectivity index (χ2v) is 9.60. The van der Waals surface area contributed by atoms with Crippen LogP contribution in [0.4, 0.5) is 0 Å². The van der Waals surface area contributed by atoms with Crippen molar-refractivity contribution >= 4 is 23.2 Å². The zero-order valence-corrected chi connectivity index (χ0v) is 20.2. The van der Waals surface area contributed by atoms with Crippen molar-refractivity contribution in [3.05, 3.63) is 0 Å². The Morgan fingerprint density at radius 1 is 0.655 bits per heavy atom. The zero-order chi connectivity index (χ0) is 21.0. The van der Waals surface area contributed by atoms with E-state index in [0.717, 1.165) is 6.42 Å². The highest BCUT2D eigenvalue weighted by Gasteiger charge is 2.28. The third-order valence-corrected chi connectivity index (χ3v) is 6.78. The summed E-state index contributed by atoms with van der Waals surface area (Å²) < 4.78 is 4.96. The monoisotopic (exact) mass is 424 g/mol. The molecule has 0 saturated carbocycles. The van der Waals surface area contributed by atoms with E-state index in [9.17, 15) is 4.79 Å². The van der Waals surface area contributed by atoms with E-state index in [1.54, 1.807) is 0 Å². The third kappa shape index (κ3) is 16.0. The number of hydrogen-bond acceptors (Lipinski definition) is 3. The molecule has 1 aliphatic rings. The lowest BCUT2D eigenvalue weighted by molar-refractivity contribution is -0.133. The molecule has 1 aliphatic heterocycles. The molecule has 1 rings (SSSR count). The quantitative estimate of drug-likeness (QED) is 0.104. The average Bonchev–Trinajstić information content (AvgIpc) is 3.03. The molecule has 0 bridgehead atoms. The minimum absolute atomic E-state index is 0.131. The number of thiocarbonyl (C=S) groups is 1. The minimum Gasteiger partial charge on any atom is -0.419 e. The van der Waals surface area contributed by atoms with Gasteiger partial charge >= 0.3 is 5.97 Å². The fourth-order valence-corrected chi connectivity index (χ4v) is 4.68. The van der Waals surface area contributed by atoms with Crippen molar-refractivity contribution in [2.75, 3.05) is 0 Å². The van der Waals surface area contributed by atoms with Crippen molar-refractivity contribution in [2.24, 2.45) is 5.92 Å². The Bertz CT molecular complexity index is 408. The molecular weight excluding hydrogens is 376 g/mol. The van der Waals surface area contributed by atoms with Gasteiger partial charge in [0.25, 0.3) is 0 Å². The summed E-state index contributed by atoms with van der Waals surface area (Å²) in [5, 5.41) is 0.535. The van der Waals surface area contributed by atoms with Gasteiger partial charge in [-0.3, -0.25) is 4.79 Å². The Morgan fingerprint density at radius 3 is 1.31 bits per heavy atom. The van der Waals surface area contributed by atoms with Crippen LogP contribution in [0.5, 0.6) is 0 Å². The lowest BCUT2D eigenvalue weighted by Gasteiger charge is -2.06. The van der Waals surface area contributed by atoms with E-state index in [4.69, 9.17) is 17.0 Å².